The Balaban J connectivity index is 2.84. The normalized spacial score (nSPS) is 15.1. The van der Waals surface area contributed by atoms with E-state index in [-0.39, 0.29) is 5.54 Å². The quantitative estimate of drug-likeness (QED) is 0.827. The molecule has 1 heterocycles. The number of hydrogen-bond donors (Lipinski definition) is 2. The molecule has 0 aliphatic carbocycles. The third-order valence-electron chi connectivity index (χ3n) is 2.72. The molecule has 0 aromatic carbocycles. The second-order valence-corrected chi connectivity index (χ2v) is 4.52. The molecule has 84 valence electrons. The predicted molar refractivity (Wildman–Crippen MR) is 63.0 cm³/mol. The number of nitrogens with one attached hydrogen (secondary N) is 1. The molecule has 1 rings (SSSR count). The molecule has 0 saturated carbocycles. The van der Waals surface area contributed by atoms with Gasteiger partial charge < -0.3 is 11.1 Å². The second-order valence-electron chi connectivity index (χ2n) is 4.13. The molecule has 1 unspecified atom stereocenters. The van der Waals surface area contributed by atoms with E-state index in [1.807, 2.05) is 0 Å². The van der Waals surface area contributed by atoms with Crippen molar-refractivity contribution in [3.63, 3.8) is 0 Å². The van der Waals surface area contributed by atoms with E-state index in [2.05, 4.69) is 36.1 Å². The smallest absolute Gasteiger partial charge is 0.149 e. The van der Waals surface area contributed by atoms with Crippen molar-refractivity contribution in [2.45, 2.75) is 26.3 Å². The summed E-state index contributed by atoms with van der Waals surface area (Å²) in [6, 6.07) is 0. The molecule has 0 amide bonds. The van der Waals surface area contributed by atoms with Crippen LogP contribution in [0, 0.1) is 5.92 Å². The average molecular weight is 229 g/mol. The topological polar surface area (TPSA) is 63.8 Å². The zero-order valence-corrected chi connectivity index (χ0v) is 10.0. The second kappa shape index (κ2) is 4.77. The fourth-order valence-corrected chi connectivity index (χ4v) is 1.27. The molecule has 0 spiro atoms. The number of halogens is 1. The summed E-state index contributed by atoms with van der Waals surface area (Å²) < 4.78 is 0. The first kappa shape index (κ1) is 12.2. The Hall–Kier alpha value is -0.870. The molecule has 0 saturated heterocycles. The summed E-state index contributed by atoms with van der Waals surface area (Å²) in [6.07, 6.45) is 3.14. The first-order valence-corrected chi connectivity index (χ1v) is 5.31. The molecule has 0 aliphatic heterocycles. The number of rotatable bonds is 4. The van der Waals surface area contributed by atoms with Gasteiger partial charge in [-0.15, -0.1) is 0 Å². The van der Waals surface area contributed by atoms with E-state index < -0.39 is 0 Å². The van der Waals surface area contributed by atoms with E-state index in [1.54, 1.807) is 6.20 Å². The Bertz CT molecular complexity index is 329. The molecular formula is C10H17ClN4. The fraction of sp³-hybridized carbons (Fsp3) is 0.600. The van der Waals surface area contributed by atoms with Crippen molar-refractivity contribution in [3.05, 3.63) is 17.5 Å². The lowest BCUT2D eigenvalue weighted by Gasteiger charge is -2.33. The summed E-state index contributed by atoms with van der Waals surface area (Å²) in [5, 5.41) is 3.64. The minimum Gasteiger partial charge on any atom is -0.362 e. The number of nitrogens with zero attached hydrogens (tertiary/aromatic N) is 2. The van der Waals surface area contributed by atoms with E-state index in [1.165, 1.54) is 6.20 Å². The van der Waals surface area contributed by atoms with Crippen LogP contribution >= 0.6 is 11.6 Å². The third-order valence-corrected chi connectivity index (χ3v) is 2.90. The van der Waals surface area contributed by atoms with Crippen LogP contribution in [0.25, 0.3) is 0 Å². The van der Waals surface area contributed by atoms with Gasteiger partial charge in [-0.3, -0.25) is 4.98 Å². The van der Waals surface area contributed by atoms with Crippen molar-refractivity contribution in [2.24, 2.45) is 11.7 Å². The highest BCUT2D eigenvalue weighted by Crippen LogP contribution is 2.20. The van der Waals surface area contributed by atoms with Gasteiger partial charge in [-0.05, 0) is 12.8 Å². The van der Waals surface area contributed by atoms with Crippen LogP contribution in [0.3, 0.4) is 0 Å². The van der Waals surface area contributed by atoms with Gasteiger partial charge in [0.2, 0.25) is 0 Å². The molecule has 0 fully saturated rings. The molecule has 0 aliphatic rings. The van der Waals surface area contributed by atoms with Crippen molar-refractivity contribution in [2.75, 3.05) is 11.9 Å². The highest BCUT2D eigenvalue weighted by Gasteiger charge is 2.26. The maximum Gasteiger partial charge on any atom is 0.149 e. The first-order valence-electron chi connectivity index (χ1n) is 4.94. The van der Waals surface area contributed by atoms with Crippen LogP contribution in [0.15, 0.2) is 12.4 Å². The van der Waals surface area contributed by atoms with Crippen molar-refractivity contribution >= 4 is 17.4 Å². The molecule has 0 radical (unpaired) electrons. The summed E-state index contributed by atoms with van der Waals surface area (Å²) in [4.78, 5) is 8.09. The summed E-state index contributed by atoms with van der Waals surface area (Å²) in [6.45, 7) is 6.80. The first-order chi connectivity index (χ1) is 6.98. The maximum atomic E-state index is 5.75. The predicted octanol–water partition coefficient (Wildman–Crippen LogP) is 1.92. The van der Waals surface area contributed by atoms with Gasteiger partial charge in [0.1, 0.15) is 11.0 Å². The van der Waals surface area contributed by atoms with E-state index >= 15 is 0 Å². The Labute approximate surface area is 95.3 Å². The number of hydrogen-bond acceptors (Lipinski definition) is 4. The molecule has 1 atom stereocenters. The molecular weight excluding hydrogens is 212 g/mol. The van der Waals surface area contributed by atoms with Crippen LogP contribution in [0.5, 0.6) is 0 Å². The van der Waals surface area contributed by atoms with Crippen LogP contribution in [-0.2, 0) is 0 Å². The molecule has 3 N–H and O–H groups in total. The van der Waals surface area contributed by atoms with Crippen molar-refractivity contribution in [1.82, 2.24) is 9.97 Å². The van der Waals surface area contributed by atoms with Crippen LogP contribution in [0.1, 0.15) is 20.8 Å². The summed E-state index contributed by atoms with van der Waals surface area (Å²) >= 11 is 5.75. The monoisotopic (exact) mass is 228 g/mol. The Morgan fingerprint density at radius 1 is 1.53 bits per heavy atom. The Morgan fingerprint density at radius 2 is 2.20 bits per heavy atom. The lowest BCUT2D eigenvalue weighted by Crippen LogP contribution is -2.47. The minimum atomic E-state index is -0.195. The van der Waals surface area contributed by atoms with Crippen LogP contribution < -0.4 is 11.1 Å². The molecule has 4 nitrogen and oxygen atoms in total. The van der Waals surface area contributed by atoms with Crippen molar-refractivity contribution < 1.29 is 0 Å². The molecule has 1 aromatic rings. The fourth-order valence-electron chi connectivity index (χ4n) is 1.13. The van der Waals surface area contributed by atoms with Gasteiger partial charge in [0.25, 0.3) is 0 Å². The van der Waals surface area contributed by atoms with Crippen LogP contribution in [0.2, 0.25) is 5.15 Å². The summed E-state index contributed by atoms with van der Waals surface area (Å²) in [7, 11) is 0. The Morgan fingerprint density at radius 3 is 2.67 bits per heavy atom. The van der Waals surface area contributed by atoms with Gasteiger partial charge in [-0.25, -0.2) is 4.98 Å². The zero-order valence-electron chi connectivity index (χ0n) is 9.29. The van der Waals surface area contributed by atoms with Crippen LogP contribution in [0.4, 0.5) is 5.82 Å². The number of aromatic nitrogens is 2. The molecule has 15 heavy (non-hydrogen) atoms. The SMILES string of the molecule is CC(C)C(C)(CN)Nc1cncc(Cl)n1. The summed E-state index contributed by atoms with van der Waals surface area (Å²) in [5.41, 5.74) is 5.56. The Kier molecular flexibility index (Phi) is 3.88. The van der Waals surface area contributed by atoms with Gasteiger partial charge in [0.05, 0.1) is 17.9 Å². The van der Waals surface area contributed by atoms with Crippen LogP contribution in [-0.4, -0.2) is 22.1 Å². The molecule has 5 heteroatoms. The van der Waals surface area contributed by atoms with Crippen molar-refractivity contribution in [1.29, 1.82) is 0 Å². The highest BCUT2D eigenvalue weighted by atomic mass is 35.5. The van der Waals surface area contributed by atoms with E-state index in [4.69, 9.17) is 17.3 Å². The lowest BCUT2D eigenvalue weighted by atomic mass is 9.88. The third kappa shape index (κ3) is 3.04. The van der Waals surface area contributed by atoms with Crippen molar-refractivity contribution in [3.8, 4) is 0 Å². The van der Waals surface area contributed by atoms with Gasteiger partial charge in [0, 0.05) is 6.54 Å². The number of nitrogens with two attached hydrogens (primary N) is 1. The standard InChI is InChI=1S/C10H17ClN4/c1-7(2)10(3,6-12)15-9-5-13-4-8(11)14-9/h4-5,7H,6,12H2,1-3H3,(H,14,15). The van der Waals surface area contributed by atoms with E-state index in [9.17, 15) is 0 Å². The van der Waals surface area contributed by atoms with Gasteiger partial charge >= 0.3 is 0 Å². The summed E-state index contributed by atoms with van der Waals surface area (Å²) in [5.74, 6) is 1.05. The highest BCUT2D eigenvalue weighted by molar-refractivity contribution is 6.29. The largest absolute Gasteiger partial charge is 0.362 e. The van der Waals surface area contributed by atoms with E-state index in [0.29, 0.717) is 23.4 Å². The average Bonchev–Trinajstić information content (AvgIpc) is 2.17. The molecule has 0 bridgehead atoms. The lowest BCUT2D eigenvalue weighted by molar-refractivity contribution is 0.381. The molecule has 1 aromatic heterocycles. The zero-order chi connectivity index (χ0) is 11.5. The van der Waals surface area contributed by atoms with Gasteiger partial charge in [0.15, 0.2) is 0 Å². The van der Waals surface area contributed by atoms with Gasteiger partial charge in [-0.1, -0.05) is 25.4 Å². The van der Waals surface area contributed by atoms with Gasteiger partial charge in [-0.2, -0.15) is 0 Å². The number of anilines is 1. The minimum absolute atomic E-state index is 0.195. The van der Waals surface area contributed by atoms with E-state index in [0.717, 1.165) is 0 Å². The maximum absolute atomic E-state index is 5.75.